The molecule has 0 amide bonds. The number of para-hydroxylation sites is 1. The van der Waals surface area contributed by atoms with Crippen LogP contribution in [-0.2, 0) is 0 Å². The van der Waals surface area contributed by atoms with Crippen molar-refractivity contribution in [1.82, 2.24) is 4.98 Å². The summed E-state index contributed by atoms with van der Waals surface area (Å²) in [6.07, 6.45) is 0.901. The topological polar surface area (TPSA) is 45.7 Å². The zero-order valence-electron chi connectivity index (χ0n) is 15.5. The number of aromatic nitrogens is 1. The first-order valence-electron chi connectivity index (χ1n) is 9.36. The summed E-state index contributed by atoms with van der Waals surface area (Å²) in [5.74, 6) is 1.57. The van der Waals surface area contributed by atoms with Gasteiger partial charge in [0.1, 0.15) is 11.6 Å². The van der Waals surface area contributed by atoms with Crippen molar-refractivity contribution in [3.8, 4) is 5.75 Å². The van der Waals surface area contributed by atoms with Gasteiger partial charge in [0.25, 0.3) is 0 Å². The minimum atomic E-state index is 0.614. The van der Waals surface area contributed by atoms with Crippen molar-refractivity contribution in [2.45, 2.75) is 6.92 Å². The number of anilines is 2. The maximum absolute atomic E-state index is 11.7. The van der Waals surface area contributed by atoms with Gasteiger partial charge in [-0.25, -0.2) is 4.98 Å². The lowest BCUT2D eigenvalue weighted by atomic mass is 10.1. The van der Waals surface area contributed by atoms with Gasteiger partial charge in [-0.1, -0.05) is 18.2 Å². The van der Waals surface area contributed by atoms with E-state index in [-0.39, 0.29) is 0 Å². The minimum Gasteiger partial charge on any atom is -0.494 e. The van der Waals surface area contributed by atoms with Crippen molar-refractivity contribution in [1.29, 1.82) is 0 Å². The standard InChI is InChI=1S/C22H23N3O2/c1-2-27-20-8-9-21-17(15-20)14-18(16-26)22(23-21)25-12-10-24(11-13-25)19-6-4-3-5-7-19/h3-9,14-16H,2,10-13H2,1H3. The predicted molar refractivity (Wildman–Crippen MR) is 109 cm³/mol. The van der Waals surface area contributed by atoms with Crippen LogP contribution < -0.4 is 14.5 Å². The zero-order chi connectivity index (χ0) is 18.6. The molecule has 1 fully saturated rings. The lowest BCUT2D eigenvalue weighted by Crippen LogP contribution is -2.47. The number of pyridine rings is 1. The Morgan fingerprint density at radius 1 is 1.00 bits per heavy atom. The van der Waals surface area contributed by atoms with Gasteiger partial charge in [0, 0.05) is 37.3 Å². The number of fused-ring (bicyclic) bond motifs is 1. The zero-order valence-corrected chi connectivity index (χ0v) is 15.5. The molecule has 0 N–H and O–H groups in total. The van der Waals surface area contributed by atoms with Crippen LogP contribution in [0, 0.1) is 0 Å². The number of nitrogens with zero attached hydrogens (tertiary/aromatic N) is 3. The quantitative estimate of drug-likeness (QED) is 0.647. The highest BCUT2D eigenvalue weighted by molar-refractivity contribution is 5.92. The van der Waals surface area contributed by atoms with E-state index in [1.807, 2.05) is 37.3 Å². The fourth-order valence-electron chi connectivity index (χ4n) is 3.57. The fraction of sp³-hybridized carbons (Fsp3) is 0.273. The SMILES string of the molecule is CCOc1ccc2nc(N3CCN(c4ccccc4)CC3)c(C=O)cc2c1. The van der Waals surface area contributed by atoms with E-state index < -0.39 is 0 Å². The Morgan fingerprint density at radius 2 is 1.74 bits per heavy atom. The third kappa shape index (κ3) is 3.58. The highest BCUT2D eigenvalue weighted by Crippen LogP contribution is 2.27. The smallest absolute Gasteiger partial charge is 0.153 e. The molecular formula is C22H23N3O2. The molecule has 3 aromatic rings. The third-order valence-electron chi connectivity index (χ3n) is 4.93. The van der Waals surface area contributed by atoms with E-state index in [1.165, 1.54) is 5.69 Å². The van der Waals surface area contributed by atoms with Crippen molar-refractivity contribution in [3.05, 3.63) is 60.2 Å². The maximum Gasteiger partial charge on any atom is 0.153 e. The van der Waals surface area contributed by atoms with Crippen LogP contribution in [0.3, 0.4) is 0 Å². The molecule has 0 radical (unpaired) electrons. The van der Waals surface area contributed by atoms with Gasteiger partial charge in [-0.3, -0.25) is 4.79 Å². The molecule has 1 aliphatic rings. The number of hydrogen-bond donors (Lipinski definition) is 0. The summed E-state index contributed by atoms with van der Waals surface area (Å²) in [4.78, 5) is 21.1. The summed E-state index contributed by atoms with van der Waals surface area (Å²) in [5, 5.41) is 0.926. The van der Waals surface area contributed by atoms with Crippen LogP contribution in [0.4, 0.5) is 11.5 Å². The molecule has 0 aliphatic carbocycles. The van der Waals surface area contributed by atoms with Crippen LogP contribution >= 0.6 is 0 Å². The lowest BCUT2D eigenvalue weighted by Gasteiger charge is -2.37. The largest absolute Gasteiger partial charge is 0.494 e. The molecule has 5 heteroatoms. The first kappa shape index (κ1) is 17.3. The van der Waals surface area contributed by atoms with Gasteiger partial charge >= 0.3 is 0 Å². The van der Waals surface area contributed by atoms with E-state index in [0.29, 0.717) is 12.2 Å². The molecule has 0 spiro atoms. The van der Waals surface area contributed by atoms with Crippen molar-refractivity contribution in [3.63, 3.8) is 0 Å². The molecule has 5 nitrogen and oxygen atoms in total. The Bertz CT molecular complexity index is 935. The van der Waals surface area contributed by atoms with Crippen LogP contribution in [0.2, 0.25) is 0 Å². The number of carbonyl (C=O) groups excluding carboxylic acids is 1. The number of aldehydes is 1. The second kappa shape index (κ2) is 7.66. The number of benzene rings is 2. The molecular weight excluding hydrogens is 338 g/mol. The first-order chi connectivity index (χ1) is 13.3. The van der Waals surface area contributed by atoms with Gasteiger partial charge in [0.2, 0.25) is 0 Å². The summed E-state index contributed by atoms with van der Waals surface area (Å²) in [7, 11) is 0. The van der Waals surface area contributed by atoms with Crippen molar-refractivity contribution in [2.24, 2.45) is 0 Å². The Balaban J connectivity index is 1.58. The second-order valence-electron chi connectivity index (χ2n) is 6.62. The normalized spacial score (nSPS) is 14.4. The Labute approximate surface area is 159 Å². The number of hydrogen-bond acceptors (Lipinski definition) is 5. The van der Waals surface area contributed by atoms with Crippen LogP contribution in [0.5, 0.6) is 5.75 Å². The van der Waals surface area contributed by atoms with Crippen molar-refractivity contribution >= 4 is 28.7 Å². The van der Waals surface area contributed by atoms with Crippen molar-refractivity contribution in [2.75, 3.05) is 42.6 Å². The summed E-state index contributed by atoms with van der Waals surface area (Å²) < 4.78 is 5.56. The molecule has 27 heavy (non-hydrogen) atoms. The number of piperazine rings is 1. The van der Waals surface area contributed by atoms with E-state index in [9.17, 15) is 4.79 Å². The Kier molecular flexibility index (Phi) is 4.92. The molecule has 2 heterocycles. The van der Waals surface area contributed by atoms with Crippen LogP contribution in [0.1, 0.15) is 17.3 Å². The van der Waals surface area contributed by atoms with E-state index in [1.54, 1.807) is 0 Å². The molecule has 1 saturated heterocycles. The summed E-state index contributed by atoms with van der Waals surface area (Å²) >= 11 is 0. The van der Waals surface area contributed by atoms with E-state index in [4.69, 9.17) is 9.72 Å². The molecule has 4 rings (SSSR count). The Morgan fingerprint density at radius 3 is 2.44 bits per heavy atom. The van der Waals surface area contributed by atoms with E-state index >= 15 is 0 Å². The third-order valence-corrected chi connectivity index (χ3v) is 4.93. The van der Waals surface area contributed by atoms with Crippen LogP contribution in [0.15, 0.2) is 54.6 Å². The second-order valence-corrected chi connectivity index (χ2v) is 6.62. The minimum absolute atomic E-state index is 0.614. The molecule has 1 aromatic heterocycles. The summed E-state index contributed by atoms with van der Waals surface area (Å²) in [6.45, 7) is 6.06. The van der Waals surface area contributed by atoms with E-state index in [2.05, 4.69) is 34.1 Å². The molecule has 0 saturated carbocycles. The van der Waals surface area contributed by atoms with Gasteiger partial charge in [-0.2, -0.15) is 0 Å². The van der Waals surface area contributed by atoms with Crippen LogP contribution in [0.25, 0.3) is 10.9 Å². The number of carbonyl (C=O) groups is 1. The molecule has 0 unspecified atom stereocenters. The monoisotopic (exact) mass is 361 g/mol. The van der Waals surface area contributed by atoms with Gasteiger partial charge in [-0.05, 0) is 43.3 Å². The predicted octanol–water partition coefficient (Wildman–Crippen LogP) is 3.77. The number of ether oxygens (including phenoxy) is 1. The van der Waals surface area contributed by atoms with Crippen molar-refractivity contribution < 1.29 is 9.53 Å². The van der Waals surface area contributed by atoms with Gasteiger partial charge < -0.3 is 14.5 Å². The molecule has 0 bridgehead atoms. The summed E-state index contributed by atoms with van der Waals surface area (Å²) in [6, 6.07) is 18.2. The van der Waals surface area contributed by atoms with Gasteiger partial charge in [0.15, 0.2) is 6.29 Å². The highest BCUT2D eigenvalue weighted by Gasteiger charge is 2.21. The molecule has 0 atom stereocenters. The average molecular weight is 361 g/mol. The van der Waals surface area contributed by atoms with Crippen LogP contribution in [-0.4, -0.2) is 44.1 Å². The molecule has 2 aromatic carbocycles. The highest BCUT2D eigenvalue weighted by atomic mass is 16.5. The summed E-state index contributed by atoms with van der Waals surface area (Å²) in [5.41, 5.74) is 2.75. The van der Waals surface area contributed by atoms with Gasteiger partial charge in [0.05, 0.1) is 17.7 Å². The van der Waals surface area contributed by atoms with Gasteiger partial charge in [-0.15, -0.1) is 0 Å². The average Bonchev–Trinajstić information content (AvgIpc) is 2.74. The maximum atomic E-state index is 11.7. The molecule has 1 aliphatic heterocycles. The lowest BCUT2D eigenvalue weighted by molar-refractivity contribution is 0.112. The number of rotatable bonds is 5. The molecule has 138 valence electrons. The van der Waals surface area contributed by atoms with E-state index in [0.717, 1.165) is 54.9 Å². The fourth-order valence-corrected chi connectivity index (χ4v) is 3.57. The Hall–Kier alpha value is -3.08. The first-order valence-corrected chi connectivity index (χ1v) is 9.36.